The van der Waals surface area contributed by atoms with Gasteiger partial charge in [0.15, 0.2) is 0 Å². The first kappa shape index (κ1) is 16.6. The highest BCUT2D eigenvalue weighted by Crippen LogP contribution is 2.32. The first-order chi connectivity index (χ1) is 10.7. The Morgan fingerprint density at radius 2 is 2.14 bits per heavy atom. The van der Waals surface area contributed by atoms with Crippen LogP contribution in [-0.2, 0) is 9.53 Å². The number of hydrogen-bond donors (Lipinski definition) is 0. The summed E-state index contributed by atoms with van der Waals surface area (Å²) in [6, 6.07) is 7.37. The smallest absolute Gasteiger partial charge is 0.266 e. The van der Waals surface area contributed by atoms with Crippen molar-refractivity contribution in [2.75, 3.05) is 26.9 Å². The number of nitrogens with zero attached hydrogens (tertiary/aromatic N) is 1. The van der Waals surface area contributed by atoms with Crippen molar-refractivity contribution in [3.63, 3.8) is 0 Å². The summed E-state index contributed by atoms with van der Waals surface area (Å²) >= 11 is 6.53. The number of rotatable bonds is 6. The van der Waals surface area contributed by atoms with Crippen molar-refractivity contribution < 1.29 is 14.3 Å². The second kappa shape index (κ2) is 7.99. The number of amides is 1. The summed E-state index contributed by atoms with van der Waals surface area (Å²) < 4.78 is 10.9. The van der Waals surface area contributed by atoms with E-state index in [1.807, 2.05) is 30.3 Å². The minimum Gasteiger partial charge on any atom is -0.481 e. The lowest BCUT2D eigenvalue weighted by atomic mass is 10.2. The van der Waals surface area contributed by atoms with Crippen LogP contribution in [0.2, 0.25) is 0 Å². The van der Waals surface area contributed by atoms with Gasteiger partial charge in [0, 0.05) is 7.11 Å². The highest BCUT2D eigenvalue weighted by molar-refractivity contribution is 8.26. The highest BCUT2D eigenvalue weighted by atomic mass is 32.2. The number of thiocarbonyl (C=S) groups is 1. The van der Waals surface area contributed by atoms with E-state index in [0.29, 0.717) is 28.1 Å². The predicted molar refractivity (Wildman–Crippen MR) is 92.5 cm³/mol. The maximum Gasteiger partial charge on any atom is 0.266 e. The number of carbonyl (C=O) groups is 1. The third-order valence-electron chi connectivity index (χ3n) is 2.89. The molecule has 1 aliphatic rings. The standard InChI is InChI=1S/C16H15NO3S2/c1-3-9-20-13-6-4-12(5-7-13)11-14-15(18)17(8-10-19-2)16(21)22-14/h1,4-7,11H,8-10H2,2H3/b14-11-. The number of benzene rings is 1. The van der Waals surface area contributed by atoms with Crippen molar-refractivity contribution in [2.45, 2.75) is 0 Å². The molecule has 6 heteroatoms. The predicted octanol–water partition coefficient (Wildman–Crippen LogP) is 2.55. The molecule has 0 bridgehead atoms. The lowest BCUT2D eigenvalue weighted by Crippen LogP contribution is -2.31. The fraction of sp³-hybridized carbons (Fsp3) is 0.250. The molecular formula is C16H15NO3S2. The van der Waals surface area contributed by atoms with Crippen LogP contribution in [0.15, 0.2) is 29.2 Å². The summed E-state index contributed by atoms with van der Waals surface area (Å²) in [5.41, 5.74) is 0.903. The van der Waals surface area contributed by atoms with E-state index in [1.54, 1.807) is 12.0 Å². The van der Waals surface area contributed by atoms with Gasteiger partial charge in [-0.1, -0.05) is 42.0 Å². The number of thioether (sulfide) groups is 1. The summed E-state index contributed by atoms with van der Waals surface area (Å²) in [4.78, 5) is 14.4. The maximum absolute atomic E-state index is 12.3. The first-order valence-electron chi connectivity index (χ1n) is 6.56. The van der Waals surface area contributed by atoms with Crippen LogP contribution in [0, 0.1) is 12.3 Å². The molecule has 0 radical (unpaired) electrons. The zero-order valence-electron chi connectivity index (χ0n) is 12.1. The Labute approximate surface area is 139 Å². The fourth-order valence-corrected chi connectivity index (χ4v) is 3.12. The molecule has 1 amide bonds. The molecule has 0 aliphatic carbocycles. The molecule has 0 spiro atoms. The lowest BCUT2D eigenvalue weighted by Gasteiger charge is -2.12. The van der Waals surface area contributed by atoms with Crippen molar-refractivity contribution in [1.29, 1.82) is 0 Å². The Morgan fingerprint density at radius 1 is 1.41 bits per heavy atom. The molecule has 0 saturated carbocycles. The van der Waals surface area contributed by atoms with E-state index in [-0.39, 0.29) is 12.5 Å². The van der Waals surface area contributed by atoms with Gasteiger partial charge in [-0.05, 0) is 23.8 Å². The Hall–Kier alpha value is -1.81. The van der Waals surface area contributed by atoms with E-state index in [1.165, 1.54) is 11.8 Å². The van der Waals surface area contributed by atoms with E-state index < -0.39 is 0 Å². The second-order valence-electron chi connectivity index (χ2n) is 4.39. The van der Waals surface area contributed by atoms with Crippen molar-refractivity contribution >= 4 is 40.3 Å². The molecule has 1 heterocycles. The minimum atomic E-state index is -0.0836. The van der Waals surface area contributed by atoms with Crippen LogP contribution in [0.5, 0.6) is 5.75 Å². The van der Waals surface area contributed by atoms with E-state index >= 15 is 0 Å². The molecule has 0 N–H and O–H groups in total. The Bertz CT molecular complexity index is 632. The Kier molecular flexibility index (Phi) is 6.01. The molecule has 1 saturated heterocycles. The summed E-state index contributed by atoms with van der Waals surface area (Å²) in [5.74, 6) is 3.02. The third kappa shape index (κ3) is 4.10. The molecule has 1 fully saturated rings. The third-order valence-corrected chi connectivity index (χ3v) is 4.27. The number of carbonyl (C=O) groups excluding carboxylic acids is 1. The normalized spacial score (nSPS) is 16.2. The van der Waals surface area contributed by atoms with Crippen LogP contribution in [0.25, 0.3) is 6.08 Å². The fourth-order valence-electron chi connectivity index (χ4n) is 1.81. The first-order valence-corrected chi connectivity index (χ1v) is 7.79. The summed E-state index contributed by atoms with van der Waals surface area (Å²) in [6.45, 7) is 1.16. The molecule has 0 atom stereocenters. The summed E-state index contributed by atoms with van der Waals surface area (Å²) in [5, 5.41) is 0. The van der Waals surface area contributed by atoms with Gasteiger partial charge >= 0.3 is 0 Å². The van der Waals surface area contributed by atoms with Crippen molar-refractivity contribution in [3.05, 3.63) is 34.7 Å². The number of methoxy groups -OCH3 is 1. The number of hydrogen-bond acceptors (Lipinski definition) is 5. The van der Waals surface area contributed by atoms with Gasteiger partial charge in [0.1, 0.15) is 16.7 Å². The van der Waals surface area contributed by atoms with Crippen molar-refractivity contribution in [3.8, 4) is 18.1 Å². The molecule has 1 aromatic rings. The summed E-state index contributed by atoms with van der Waals surface area (Å²) in [7, 11) is 1.59. The largest absolute Gasteiger partial charge is 0.481 e. The minimum absolute atomic E-state index is 0.0836. The van der Waals surface area contributed by atoms with Crippen LogP contribution in [0.1, 0.15) is 5.56 Å². The van der Waals surface area contributed by atoms with Gasteiger partial charge < -0.3 is 9.47 Å². The molecule has 4 nitrogen and oxygen atoms in total. The van der Waals surface area contributed by atoms with Crippen molar-refractivity contribution in [1.82, 2.24) is 4.90 Å². The maximum atomic E-state index is 12.3. The number of terminal acetylenes is 1. The average Bonchev–Trinajstić information content (AvgIpc) is 2.79. The molecule has 114 valence electrons. The number of ether oxygens (including phenoxy) is 2. The van der Waals surface area contributed by atoms with E-state index in [4.69, 9.17) is 28.1 Å². The van der Waals surface area contributed by atoms with Crippen LogP contribution in [0.4, 0.5) is 0 Å². The van der Waals surface area contributed by atoms with E-state index in [9.17, 15) is 4.79 Å². The van der Waals surface area contributed by atoms with E-state index in [2.05, 4.69) is 5.92 Å². The molecule has 1 aromatic carbocycles. The molecule has 2 rings (SSSR count). The molecule has 1 aliphatic heterocycles. The summed E-state index contributed by atoms with van der Waals surface area (Å²) in [6.07, 6.45) is 6.96. The topological polar surface area (TPSA) is 38.8 Å². The zero-order chi connectivity index (χ0) is 15.9. The van der Waals surface area contributed by atoms with Crippen molar-refractivity contribution in [2.24, 2.45) is 0 Å². The average molecular weight is 333 g/mol. The molecule has 22 heavy (non-hydrogen) atoms. The molecular weight excluding hydrogens is 318 g/mol. The van der Waals surface area contributed by atoms with Gasteiger partial charge in [0.05, 0.1) is 18.1 Å². The van der Waals surface area contributed by atoms with Crippen LogP contribution < -0.4 is 4.74 Å². The Balaban J connectivity index is 2.08. The quantitative estimate of drug-likeness (QED) is 0.454. The highest BCUT2D eigenvalue weighted by Gasteiger charge is 2.31. The van der Waals surface area contributed by atoms with Gasteiger partial charge in [-0.25, -0.2) is 0 Å². The lowest BCUT2D eigenvalue weighted by molar-refractivity contribution is -0.122. The van der Waals surface area contributed by atoms with Gasteiger partial charge in [-0.3, -0.25) is 9.69 Å². The van der Waals surface area contributed by atoms with Gasteiger partial charge in [-0.2, -0.15) is 0 Å². The van der Waals surface area contributed by atoms with Gasteiger partial charge in [-0.15, -0.1) is 6.42 Å². The monoisotopic (exact) mass is 333 g/mol. The molecule has 0 unspecified atom stereocenters. The Morgan fingerprint density at radius 3 is 2.77 bits per heavy atom. The van der Waals surface area contributed by atoms with Crippen LogP contribution in [0.3, 0.4) is 0 Å². The second-order valence-corrected chi connectivity index (χ2v) is 6.06. The van der Waals surface area contributed by atoms with Crippen LogP contribution in [-0.4, -0.2) is 42.0 Å². The zero-order valence-corrected chi connectivity index (χ0v) is 13.7. The van der Waals surface area contributed by atoms with Gasteiger partial charge in [0.2, 0.25) is 0 Å². The van der Waals surface area contributed by atoms with Gasteiger partial charge in [0.25, 0.3) is 5.91 Å². The SMILES string of the molecule is C#CCOc1ccc(/C=C2\SC(=S)N(CCOC)C2=O)cc1. The molecule has 0 aromatic heterocycles. The van der Waals surface area contributed by atoms with Crippen LogP contribution >= 0.6 is 24.0 Å². The van der Waals surface area contributed by atoms with E-state index in [0.717, 1.165) is 5.56 Å².